The van der Waals surface area contributed by atoms with Crippen molar-refractivity contribution in [3.63, 3.8) is 0 Å². The minimum atomic E-state index is -5.03. The number of methoxy groups -OCH3 is 1. The molecule has 0 saturated carbocycles. The van der Waals surface area contributed by atoms with Crippen molar-refractivity contribution in [2.24, 2.45) is 5.92 Å². The van der Waals surface area contributed by atoms with E-state index in [9.17, 15) is 31.1 Å². The summed E-state index contributed by atoms with van der Waals surface area (Å²) < 4.78 is 99.4. The van der Waals surface area contributed by atoms with Crippen LogP contribution in [-0.2, 0) is 37.9 Å². The third-order valence-electron chi connectivity index (χ3n) is 8.11. The van der Waals surface area contributed by atoms with E-state index in [1.807, 2.05) is 29.2 Å². The molecule has 1 aliphatic heterocycles. The van der Waals surface area contributed by atoms with Gasteiger partial charge >= 0.3 is 18.3 Å². The molecule has 1 fully saturated rings. The molecule has 9 nitrogen and oxygen atoms in total. The lowest BCUT2D eigenvalue weighted by Gasteiger charge is -2.34. The summed E-state index contributed by atoms with van der Waals surface area (Å²) in [7, 11) is 1.46. The van der Waals surface area contributed by atoms with E-state index >= 15 is 0 Å². The van der Waals surface area contributed by atoms with Crippen LogP contribution < -0.4 is 9.80 Å². The number of esters is 1. The fraction of sp³-hybridized carbons (Fsp3) is 0.412. The maximum atomic E-state index is 13.8. The number of benzene rings is 2. The zero-order valence-electron chi connectivity index (χ0n) is 26.8. The molecule has 3 heterocycles. The number of carbonyl (C=O) groups excluding carboxylic acids is 1. The zero-order chi connectivity index (χ0) is 35.2. The number of aromatic nitrogens is 3. The molecule has 5 rings (SSSR count). The van der Waals surface area contributed by atoms with Crippen molar-refractivity contribution in [2.75, 3.05) is 49.8 Å². The van der Waals surface area contributed by atoms with Crippen molar-refractivity contribution in [3.05, 3.63) is 89.5 Å². The van der Waals surface area contributed by atoms with Gasteiger partial charge in [0, 0.05) is 38.3 Å². The molecule has 1 unspecified atom stereocenters. The first-order chi connectivity index (χ1) is 23.4. The Balaban J connectivity index is 1.54. The number of hydrogen-bond acceptors (Lipinski definition) is 9. The van der Waals surface area contributed by atoms with E-state index < -0.39 is 36.3 Å². The summed E-state index contributed by atoms with van der Waals surface area (Å²) in [6.07, 6.45) is -5.44. The average Bonchev–Trinajstić information content (AvgIpc) is 3.08. The molecule has 49 heavy (non-hydrogen) atoms. The third kappa shape index (κ3) is 8.95. The SMILES string of the molecule is CCOC(=O)C1CCN(c2cnc(N(Cc3cc(C(F)(F)F)cc(C(F)(F)F)c3)C(OCCOC)c3cc4ccccc4cn3)nc2)CC1. The maximum absolute atomic E-state index is 13.8. The Kier molecular flexibility index (Phi) is 11.2. The van der Waals surface area contributed by atoms with Gasteiger partial charge in [-0.05, 0) is 55.0 Å². The number of pyridine rings is 1. The van der Waals surface area contributed by atoms with Gasteiger partial charge in [0.1, 0.15) is 0 Å². The number of nitrogens with zero attached hydrogens (tertiary/aromatic N) is 5. The number of piperidine rings is 1. The van der Waals surface area contributed by atoms with Crippen LogP contribution in [0.1, 0.15) is 48.4 Å². The van der Waals surface area contributed by atoms with E-state index in [4.69, 9.17) is 14.2 Å². The first kappa shape index (κ1) is 35.8. The minimum Gasteiger partial charge on any atom is -0.466 e. The lowest BCUT2D eigenvalue weighted by atomic mass is 9.97. The second kappa shape index (κ2) is 15.4. The van der Waals surface area contributed by atoms with Gasteiger partial charge < -0.3 is 24.0 Å². The van der Waals surface area contributed by atoms with Crippen molar-refractivity contribution in [1.82, 2.24) is 15.0 Å². The maximum Gasteiger partial charge on any atom is 0.416 e. The smallest absolute Gasteiger partial charge is 0.416 e. The van der Waals surface area contributed by atoms with E-state index in [2.05, 4.69) is 15.0 Å². The Morgan fingerprint density at radius 1 is 0.898 bits per heavy atom. The monoisotopic (exact) mass is 691 g/mol. The van der Waals surface area contributed by atoms with Crippen molar-refractivity contribution in [3.8, 4) is 0 Å². The molecule has 0 aliphatic carbocycles. The lowest BCUT2D eigenvalue weighted by molar-refractivity contribution is -0.148. The fourth-order valence-corrected chi connectivity index (χ4v) is 5.64. The molecule has 0 spiro atoms. The van der Waals surface area contributed by atoms with Crippen LogP contribution in [-0.4, -0.2) is 60.9 Å². The molecule has 4 aromatic rings. The first-order valence-corrected chi connectivity index (χ1v) is 15.6. The molecule has 0 amide bonds. The summed E-state index contributed by atoms with van der Waals surface area (Å²) in [5.74, 6) is -0.483. The largest absolute Gasteiger partial charge is 0.466 e. The normalized spacial score (nSPS) is 15.0. The number of anilines is 2. The molecule has 0 radical (unpaired) electrons. The van der Waals surface area contributed by atoms with Crippen LogP contribution in [0.25, 0.3) is 10.8 Å². The van der Waals surface area contributed by atoms with E-state index in [1.54, 1.807) is 19.2 Å². The Hall–Kier alpha value is -4.50. The highest BCUT2D eigenvalue weighted by molar-refractivity contribution is 5.81. The van der Waals surface area contributed by atoms with Gasteiger partial charge in [0.2, 0.25) is 5.95 Å². The standard InChI is InChI=1S/C34H35F6N5O4/c1-3-48-31(46)23-8-10-44(11-9-23)28-19-42-32(43-20-28)45(21-22-14-26(33(35,36)37)17-27(15-22)34(38,39)40)30(49-13-12-47-2)29-16-24-6-4-5-7-25(24)18-41-29/h4-7,14-20,23,30H,3,8-13,21H2,1-2H3. The van der Waals surface area contributed by atoms with Crippen molar-refractivity contribution < 1.29 is 45.3 Å². The number of ether oxygens (including phenoxy) is 3. The van der Waals surface area contributed by atoms with E-state index in [-0.39, 0.29) is 42.7 Å². The van der Waals surface area contributed by atoms with Gasteiger partial charge in [-0.1, -0.05) is 24.3 Å². The predicted octanol–water partition coefficient (Wildman–Crippen LogP) is 7.21. The number of halogens is 6. The number of fused-ring (bicyclic) bond motifs is 1. The van der Waals surface area contributed by atoms with Crippen LogP contribution in [0, 0.1) is 5.92 Å². The Labute approximate surface area is 278 Å². The highest BCUT2D eigenvalue weighted by Crippen LogP contribution is 2.38. The number of carbonyl (C=O) groups is 1. The van der Waals surface area contributed by atoms with Crippen molar-refractivity contribution in [1.29, 1.82) is 0 Å². The molecule has 2 aromatic carbocycles. The second-order valence-corrected chi connectivity index (χ2v) is 11.5. The number of rotatable bonds is 12. The molecule has 262 valence electrons. The molecule has 1 saturated heterocycles. The Morgan fingerprint density at radius 3 is 2.12 bits per heavy atom. The van der Waals surface area contributed by atoms with E-state index in [0.717, 1.165) is 10.8 Å². The molecule has 15 heteroatoms. The molecular formula is C34H35F6N5O4. The van der Waals surface area contributed by atoms with E-state index in [0.29, 0.717) is 56.1 Å². The average molecular weight is 692 g/mol. The number of alkyl halides is 6. The lowest BCUT2D eigenvalue weighted by Crippen LogP contribution is -2.37. The quantitative estimate of drug-likeness (QED) is 0.0662. The predicted molar refractivity (Wildman–Crippen MR) is 169 cm³/mol. The number of hydrogen-bond donors (Lipinski definition) is 0. The molecule has 0 N–H and O–H groups in total. The van der Waals surface area contributed by atoms with Crippen LogP contribution in [0.2, 0.25) is 0 Å². The first-order valence-electron chi connectivity index (χ1n) is 15.6. The van der Waals surface area contributed by atoms with Gasteiger partial charge in [-0.25, -0.2) is 9.97 Å². The highest BCUT2D eigenvalue weighted by atomic mass is 19.4. The van der Waals surface area contributed by atoms with Crippen molar-refractivity contribution >= 4 is 28.4 Å². The third-order valence-corrected chi connectivity index (χ3v) is 8.11. The van der Waals surface area contributed by atoms with E-state index in [1.165, 1.54) is 24.4 Å². The summed E-state index contributed by atoms with van der Waals surface area (Å²) in [6.45, 7) is 2.77. The van der Waals surface area contributed by atoms with Crippen LogP contribution >= 0.6 is 0 Å². The second-order valence-electron chi connectivity index (χ2n) is 11.5. The molecule has 2 aromatic heterocycles. The van der Waals surface area contributed by atoms with Crippen molar-refractivity contribution in [2.45, 2.75) is 44.9 Å². The van der Waals surface area contributed by atoms with Gasteiger partial charge in [0.15, 0.2) is 6.23 Å². The summed E-state index contributed by atoms with van der Waals surface area (Å²) in [5, 5.41) is 1.60. The van der Waals surface area contributed by atoms with Gasteiger partial charge in [-0.2, -0.15) is 26.3 Å². The summed E-state index contributed by atoms with van der Waals surface area (Å²) >= 11 is 0. The molecule has 1 aliphatic rings. The summed E-state index contributed by atoms with van der Waals surface area (Å²) in [4.78, 5) is 29.1. The van der Waals surface area contributed by atoms with Gasteiger partial charge in [0.05, 0.1) is 60.6 Å². The van der Waals surface area contributed by atoms with Gasteiger partial charge in [-0.15, -0.1) is 0 Å². The Bertz CT molecular complexity index is 1680. The van der Waals surface area contributed by atoms with Crippen LogP contribution in [0.15, 0.2) is 67.1 Å². The summed E-state index contributed by atoms with van der Waals surface area (Å²) in [6, 6.07) is 10.5. The summed E-state index contributed by atoms with van der Waals surface area (Å²) in [5.41, 5.74) is -2.23. The Morgan fingerprint density at radius 2 is 1.53 bits per heavy atom. The van der Waals surface area contributed by atoms with Crippen LogP contribution in [0.3, 0.4) is 0 Å². The zero-order valence-corrected chi connectivity index (χ0v) is 26.8. The topological polar surface area (TPSA) is 89.9 Å². The fourth-order valence-electron chi connectivity index (χ4n) is 5.64. The van der Waals surface area contributed by atoms with Crippen LogP contribution in [0.4, 0.5) is 38.0 Å². The van der Waals surface area contributed by atoms with Crippen LogP contribution in [0.5, 0.6) is 0 Å². The van der Waals surface area contributed by atoms with Gasteiger partial charge in [-0.3, -0.25) is 9.78 Å². The van der Waals surface area contributed by atoms with Gasteiger partial charge in [0.25, 0.3) is 0 Å². The molecule has 0 bridgehead atoms. The minimum absolute atomic E-state index is 0.00998. The molecule has 1 atom stereocenters. The molecular weight excluding hydrogens is 656 g/mol. The highest BCUT2D eigenvalue weighted by Gasteiger charge is 2.38.